The molecule has 1 aromatic rings. The van der Waals surface area contributed by atoms with Crippen molar-refractivity contribution in [3.63, 3.8) is 0 Å². The van der Waals surface area contributed by atoms with Gasteiger partial charge in [0.15, 0.2) is 0 Å². The predicted octanol–water partition coefficient (Wildman–Crippen LogP) is 2.41. The molecular formula is C15H22ClN3O2. The second kappa shape index (κ2) is 8.52. The van der Waals surface area contributed by atoms with E-state index in [1.807, 2.05) is 20.8 Å². The van der Waals surface area contributed by atoms with E-state index in [1.54, 1.807) is 24.3 Å². The van der Waals surface area contributed by atoms with Crippen LogP contribution in [0.5, 0.6) is 0 Å². The molecule has 3 N–H and O–H groups in total. The smallest absolute Gasteiger partial charge is 0.315 e. The molecule has 0 aliphatic heterocycles. The van der Waals surface area contributed by atoms with Crippen molar-refractivity contribution < 1.29 is 9.59 Å². The number of urea groups is 1. The number of hydrogen-bond acceptors (Lipinski definition) is 2. The van der Waals surface area contributed by atoms with Crippen molar-refractivity contribution in [1.29, 1.82) is 0 Å². The highest BCUT2D eigenvalue weighted by atomic mass is 35.5. The van der Waals surface area contributed by atoms with Crippen molar-refractivity contribution in [2.45, 2.75) is 26.8 Å². The number of hydrogen-bond donors (Lipinski definition) is 3. The molecule has 0 aromatic heterocycles. The van der Waals surface area contributed by atoms with Crippen molar-refractivity contribution in [2.75, 3.05) is 13.1 Å². The molecule has 3 amide bonds. The Kier molecular flexibility index (Phi) is 7.02. The first-order chi connectivity index (χ1) is 9.91. The number of amides is 3. The summed E-state index contributed by atoms with van der Waals surface area (Å²) in [5.41, 5.74) is 0.428. The average Bonchev–Trinajstić information content (AvgIpc) is 2.43. The SMILES string of the molecule is CC(C)[C@H](C)NC(=O)NCCNC(=O)c1ccccc1Cl. The molecule has 1 aromatic carbocycles. The van der Waals surface area contributed by atoms with Gasteiger partial charge < -0.3 is 16.0 Å². The fraction of sp³-hybridized carbons (Fsp3) is 0.467. The number of rotatable bonds is 6. The van der Waals surface area contributed by atoms with Gasteiger partial charge in [0.2, 0.25) is 0 Å². The van der Waals surface area contributed by atoms with Crippen LogP contribution in [0.1, 0.15) is 31.1 Å². The van der Waals surface area contributed by atoms with E-state index >= 15 is 0 Å². The minimum Gasteiger partial charge on any atom is -0.350 e. The van der Waals surface area contributed by atoms with E-state index in [-0.39, 0.29) is 18.0 Å². The van der Waals surface area contributed by atoms with Gasteiger partial charge in [0, 0.05) is 19.1 Å². The third-order valence-corrected chi connectivity index (χ3v) is 3.50. The zero-order valence-corrected chi connectivity index (χ0v) is 13.3. The summed E-state index contributed by atoms with van der Waals surface area (Å²) in [5, 5.41) is 8.63. The Labute approximate surface area is 130 Å². The first-order valence-electron chi connectivity index (χ1n) is 6.99. The highest BCUT2D eigenvalue weighted by Crippen LogP contribution is 2.14. The van der Waals surface area contributed by atoms with Crippen LogP contribution in [-0.2, 0) is 0 Å². The van der Waals surface area contributed by atoms with Gasteiger partial charge in [-0.25, -0.2) is 4.79 Å². The zero-order valence-electron chi connectivity index (χ0n) is 12.6. The van der Waals surface area contributed by atoms with Crippen LogP contribution in [0.25, 0.3) is 0 Å². The molecule has 0 heterocycles. The van der Waals surface area contributed by atoms with Crippen LogP contribution < -0.4 is 16.0 Å². The molecule has 116 valence electrons. The third kappa shape index (κ3) is 6.04. The van der Waals surface area contributed by atoms with Gasteiger partial charge in [-0.3, -0.25) is 4.79 Å². The average molecular weight is 312 g/mol. The molecule has 0 aliphatic rings. The van der Waals surface area contributed by atoms with E-state index in [0.29, 0.717) is 29.6 Å². The van der Waals surface area contributed by atoms with Crippen molar-refractivity contribution in [1.82, 2.24) is 16.0 Å². The van der Waals surface area contributed by atoms with Gasteiger partial charge in [0.1, 0.15) is 0 Å². The summed E-state index contributed by atoms with van der Waals surface area (Å²) in [6.07, 6.45) is 0. The zero-order chi connectivity index (χ0) is 15.8. The Balaban J connectivity index is 2.27. The Hall–Kier alpha value is -1.75. The Morgan fingerprint density at radius 3 is 2.33 bits per heavy atom. The van der Waals surface area contributed by atoms with Crippen LogP contribution >= 0.6 is 11.6 Å². The van der Waals surface area contributed by atoms with E-state index < -0.39 is 0 Å². The number of nitrogens with one attached hydrogen (secondary N) is 3. The monoisotopic (exact) mass is 311 g/mol. The van der Waals surface area contributed by atoms with Crippen LogP contribution in [0.4, 0.5) is 4.79 Å². The largest absolute Gasteiger partial charge is 0.350 e. The number of carbonyl (C=O) groups excluding carboxylic acids is 2. The van der Waals surface area contributed by atoms with Crippen molar-refractivity contribution in [3.8, 4) is 0 Å². The fourth-order valence-corrected chi connectivity index (χ4v) is 1.74. The standard InChI is InChI=1S/C15H22ClN3O2/c1-10(2)11(3)19-15(21)18-9-8-17-14(20)12-6-4-5-7-13(12)16/h4-7,10-11H,8-9H2,1-3H3,(H,17,20)(H2,18,19,21)/t11-/m0/s1. The second-order valence-electron chi connectivity index (χ2n) is 5.17. The van der Waals surface area contributed by atoms with Gasteiger partial charge in [0.25, 0.3) is 5.91 Å². The van der Waals surface area contributed by atoms with Gasteiger partial charge in [-0.15, -0.1) is 0 Å². The van der Waals surface area contributed by atoms with Gasteiger partial charge in [-0.1, -0.05) is 37.6 Å². The Morgan fingerprint density at radius 1 is 1.10 bits per heavy atom. The third-order valence-electron chi connectivity index (χ3n) is 3.17. The summed E-state index contributed by atoms with van der Waals surface area (Å²) in [5.74, 6) is 0.119. The molecule has 0 aliphatic carbocycles. The van der Waals surface area contributed by atoms with E-state index in [1.165, 1.54) is 0 Å². The number of carbonyl (C=O) groups is 2. The van der Waals surface area contributed by atoms with Crippen molar-refractivity contribution in [3.05, 3.63) is 34.9 Å². The van der Waals surface area contributed by atoms with Crippen LogP contribution in [0.2, 0.25) is 5.02 Å². The van der Waals surface area contributed by atoms with E-state index in [0.717, 1.165) is 0 Å². The molecule has 0 unspecified atom stereocenters. The highest BCUT2D eigenvalue weighted by molar-refractivity contribution is 6.33. The molecule has 0 saturated heterocycles. The van der Waals surface area contributed by atoms with Gasteiger partial charge in [-0.05, 0) is 25.0 Å². The summed E-state index contributed by atoms with van der Waals surface area (Å²) < 4.78 is 0. The molecule has 0 bridgehead atoms. The first-order valence-corrected chi connectivity index (χ1v) is 7.36. The molecule has 1 atom stereocenters. The van der Waals surface area contributed by atoms with Crippen molar-refractivity contribution >= 4 is 23.5 Å². The van der Waals surface area contributed by atoms with Crippen LogP contribution in [0.15, 0.2) is 24.3 Å². The van der Waals surface area contributed by atoms with Gasteiger partial charge >= 0.3 is 6.03 Å². The fourth-order valence-electron chi connectivity index (χ4n) is 1.52. The molecule has 6 heteroatoms. The molecule has 0 fully saturated rings. The maximum atomic E-state index is 11.9. The predicted molar refractivity (Wildman–Crippen MR) is 84.6 cm³/mol. The molecule has 0 saturated carbocycles. The maximum Gasteiger partial charge on any atom is 0.315 e. The van der Waals surface area contributed by atoms with Crippen LogP contribution in [0, 0.1) is 5.92 Å². The highest BCUT2D eigenvalue weighted by Gasteiger charge is 2.11. The van der Waals surface area contributed by atoms with E-state index in [2.05, 4.69) is 16.0 Å². The second-order valence-corrected chi connectivity index (χ2v) is 5.58. The summed E-state index contributed by atoms with van der Waals surface area (Å²) in [6.45, 7) is 6.72. The van der Waals surface area contributed by atoms with Crippen LogP contribution in [-0.4, -0.2) is 31.1 Å². The molecule has 1 rings (SSSR count). The summed E-state index contributed by atoms with van der Waals surface area (Å²) >= 11 is 5.93. The van der Waals surface area contributed by atoms with E-state index in [9.17, 15) is 9.59 Å². The topological polar surface area (TPSA) is 70.2 Å². The lowest BCUT2D eigenvalue weighted by Crippen LogP contribution is -2.45. The lowest BCUT2D eigenvalue weighted by atomic mass is 10.1. The molecular weight excluding hydrogens is 290 g/mol. The maximum absolute atomic E-state index is 11.9. The summed E-state index contributed by atoms with van der Waals surface area (Å²) in [4.78, 5) is 23.4. The Bertz CT molecular complexity index is 492. The molecule has 5 nitrogen and oxygen atoms in total. The lowest BCUT2D eigenvalue weighted by molar-refractivity contribution is 0.0954. The Morgan fingerprint density at radius 2 is 1.71 bits per heavy atom. The summed E-state index contributed by atoms with van der Waals surface area (Å²) in [7, 11) is 0. The van der Waals surface area contributed by atoms with Gasteiger partial charge in [0.05, 0.1) is 10.6 Å². The molecule has 0 radical (unpaired) electrons. The first kappa shape index (κ1) is 17.3. The minimum atomic E-state index is -0.252. The van der Waals surface area contributed by atoms with Crippen LogP contribution in [0.3, 0.4) is 0 Å². The minimum absolute atomic E-state index is 0.0997. The van der Waals surface area contributed by atoms with E-state index in [4.69, 9.17) is 11.6 Å². The quantitative estimate of drug-likeness (QED) is 0.706. The molecule has 21 heavy (non-hydrogen) atoms. The summed E-state index contributed by atoms with van der Waals surface area (Å²) in [6, 6.07) is 6.70. The lowest BCUT2D eigenvalue weighted by Gasteiger charge is -2.17. The number of benzene rings is 1. The van der Waals surface area contributed by atoms with Gasteiger partial charge in [-0.2, -0.15) is 0 Å². The number of halogens is 1. The van der Waals surface area contributed by atoms with Crippen molar-refractivity contribution in [2.24, 2.45) is 5.92 Å². The normalized spacial score (nSPS) is 11.9. The molecule has 0 spiro atoms.